The van der Waals surface area contributed by atoms with Crippen LogP contribution in [0, 0.1) is 5.41 Å². The van der Waals surface area contributed by atoms with Gasteiger partial charge in [-0.3, -0.25) is 9.30 Å². The van der Waals surface area contributed by atoms with Crippen molar-refractivity contribution in [3.8, 4) is 5.75 Å². The topological polar surface area (TPSA) is 42.7 Å². The van der Waals surface area contributed by atoms with Gasteiger partial charge in [-0.25, -0.2) is 0 Å². The SMILES string of the molecule is CC1(COc2cc3nnc(Br)n3cc2C2CC2)CCN(C(c2ccccc2)c2ccccc2)CC1. The third kappa shape index (κ3) is 4.74. The van der Waals surface area contributed by atoms with Crippen molar-refractivity contribution in [3.05, 3.63) is 94.4 Å². The second-order valence-corrected chi connectivity index (χ2v) is 11.1. The Labute approximate surface area is 215 Å². The van der Waals surface area contributed by atoms with E-state index < -0.39 is 0 Å². The van der Waals surface area contributed by atoms with Crippen LogP contribution < -0.4 is 4.74 Å². The first kappa shape index (κ1) is 22.7. The summed E-state index contributed by atoms with van der Waals surface area (Å²) < 4.78 is 9.30. The van der Waals surface area contributed by atoms with E-state index in [-0.39, 0.29) is 11.5 Å². The van der Waals surface area contributed by atoms with E-state index in [0.29, 0.717) is 5.92 Å². The van der Waals surface area contributed by atoms with Crippen LogP contribution in [0.15, 0.2) is 77.7 Å². The van der Waals surface area contributed by atoms with Crippen molar-refractivity contribution < 1.29 is 4.74 Å². The third-order valence-corrected chi connectivity index (χ3v) is 8.23. The van der Waals surface area contributed by atoms with E-state index in [1.807, 2.05) is 4.40 Å². The molecule has 0 radical (unpaired) electrons. The smallest absolute Gasteiger partial charge is 0.204 e. The number of piperidine rings is 1. The van der Waals surface area contributed by atoms with Crippen LogP contribution in [-0.4, -0.2) is 39.2 Å². The van der Waals surface area contributed by atoms with Crippen molar-refractivity contribution in [2.75, 3.05) is 19.7 Å². The molecule has 6 heteroatoms. The first-order valence-corrected chi connectivity index (χ1v) is 13.4. The van der Waals surface area contributed by atoms with Crippen molar-refractivity contribution in [1.29, 1.82) is 0 Å². The lowest BCUT2D eigenvalue weighted by Crippen LogP contribution is -2.43. The molecule has 3 heterocycles. The number of halogens is 1. The largest absolute Gasteiger partial charge is 0.493 e. The maximum Gasteiger partial charge on any atom is 0.204 e. The van der Waals surface area contributed by atoms with E-state index in [4.69, 9.17) is 4.74 Å². The fourth-order valence-electron chi connectivity index (χ4n) is 5.33. The van der Waals surface area contributed by atoms with Gasteiger partial charge in [-0.2, -0.15) is 0 Å². The molecule has 0 spiro atoms. The quantitative estimate of drug-likeness (QED) is 0.268. The molecular formula is C29H31BrN4O. The first-order chi connectivity index (χ1) is 17.1. The first-order valence-electron chi connectivity index (χ1n) is 12.6. The molecule has 1 aliphatic heterocycles. The van der Waals surface area contributed by atoms with Crippen molar-refractivity contribution in [2.45, 2.75) is 44.6 Å². The average Bonchev–Trinajstić information content (AvgIpc) is 3.68. The van der Waals surface area contributed by atoms with Crippen LogP contribution in [-0.2, 0) is 0 Å². The van der Waals surface area contributed by atoms with E-state index in [9.17, 15) is 0 Å². The molecule has 35 heavy (non-hydrogen) atoms. The molecule has 1 saturated carbocycles. The van der Waals surface area contributed by atoms with Gasteiger partial charge in [-0.15, -0.1) is 10.2 Å². The standard InChI is InChI=1S/C29H31BrN4O/c1-29(20-35-25-18-26-31-32-28(30)34(26)19-24(25)21-12-13-21)14-16-33(17-15-29)27(22-8-4-2-5-9-22)23-10-6-3-7-11-23/h2-11,18-19,21,27H,12-17,20H2,1H3. The normalized spacial score (nSPS) is 18.3. The van der Waals surface area contributed by atoms with E-state index >= 15 is 0 Å². The number of benzene rings is 2. The molecule has 5 nitrogen and oxygen atoms in total. The summed E-state index contributed by atoms with van der Waals surface area (Å²) in [6.07, 6.45) is 6.84. The molecule has 180 valence electrons. The molecule has 0 unspecified atom stereocenters. The average molecular weight is 531 g/mol. The molecule has 2 aliphatic rings. The van der Waals surface area contributed by atoms with Gasteiger partial charge in [0.1, 0.15) is 5.75 Å². The van der Waals surface area contributed by atoms with Gasteiger partial charge in [-0.05, 0) is 71.7 Å². The third-order valence-electron chi connectivity index (χ3n) is 7.69. The van der Waals surface area contributed by atoms with Crippen molar-refractivity contribution in [3.63, 3.8) is 0 Å². The number of hydrogen-bond donors (Lipinski definition) is 0. The van der Waals surface area contributed by atoms with Crippen LogP contribution in [0.3, 0.4) is 0 Å². The Morgan fingerprint density at radius 2 is 1.60 bits per heavy atom. The number of pyridine rings is 1. The Bertz CT molecular complexity index is 1260. The highest BCUT2D eigenvalue weighted by atomic mass is 79.9. The van der Waals surface area contributed by atoms with Crippen LogP contribution in [0.4, 0.5) is 0 Å². The van der Waals surface area contributed by atoms with Crippen molar-refractivity contribution >= 4 is 21.6 Å². The van der Waals surface area contributed by atoms with Gasteiger partial charge < -0.3 is 4.74 Å². The Balaban J connectivity index is 1.17. The van der Waals surface area contributed by atoms with Crippen LogP contribution >= 0.6 is 15.9 Å². The van der Waals surface area contributed by atoms with Crippen molar-refractivity contribution in [2.24, 2.45) is 5.41 Å². The molecule has 2 fully saturated rings. The summed E-state index contributed by atoms with van der Waals surface area (Å²) in [5, 5.41) is 8.44. The molecule has 0 atom stereocenters. The number of likely N-dealkylation sites (tertiary alicyclic amines) is 1. The Morgan fingerprint density at radius 1 is 0.971 bits per heavy atom. The van der Waals surface area contributed by atoms with Crippen LogP contribution in [0.5, 0.6) is 5.75 Å². The second kappa shape index (κ2) is 9.40. The number of hydrogen-bond acceptors (Lipinski definition) is 4. The summed E-state index contributed by atoms with van der Waals surface area (Å²) in [6, 6.07) is 24.2. The maximum absolute atomic E-state index is 6.55. The number of aromatic nitrogens is 3. The molecule has 6 rings (SSSR count). The molecule has 4 aromatic rings. The maximum atomic E-state index is 6.55. The predicted octanol–water partition coefficient (Wildman–Crippen LogP) is 6.64. The molecule has 2 aromatic heterocycles. The summed E-state index contributed by atoms with van der Waals surface area (Å²) in [4.78, 5) is 2.64. The molecule has 0 bridgehead atoms. The van der Waals surface area contributed by atoms with Crippen molar-refractivity contribution in [1.82, 2.24) is 19.5 Å². The summed E-state index contributed by atoms with van der Waals surface area (Å²) in [6.45, 7) is 5.22. The van der Waals surface area contributed by atoms with Crippen LogP contribution in [0.25, 0.3) is 5.65 Å². The summed E-state index contributed by atoms with van der Waals surface area (Å²) in [7, 11) is 0. The van der Waals surface area contributed by atoms with Gasteiger partial charge >= 0.3 is 0 Å². The lowest BCUT2D eigenvalue weighted by atomic mass is 9.80. The van der Waals surface area contributed by atoms with E-state index in [0.717, 1.165) is 48.7 Å². The lowest BCUT2D eigenvalue weighted by Gasteiger charge is -2.43. The van der Waals surface area contributed by atoms with Gasteiger partial charge in [0.15, 0.2) is 5.65 Å². The summed E-state index contributed by atoms with van der Waals surface area (Å²) in [5.41, 5.74) is 4.98. The lowest BCUT2D eigenvalue weighted by molar-refractivity contribution is 0.0552. The summed E-state index contributed by atoms with van der Waals surface area (Å²) in [5.74, 6) is 1.57. The second-order valence-electron chi connectivity index (χ2n) is 10.4. The minimum atomic E-state index is 0.148. The summed E-state index contributed by atoms with van der Waals surface area (Å²) >= 11 is 3.50. The van der Waals surface area contributed by atoms with Gasteiger partial charge in [0.05, 0.1) is 12.6 Å². The molecule has 1 aliphatic carbocycles. The van der Waals surface area contributed by atoms with E-state index in [2.05, 4.69) is 111 Å². The van der Waals surface area contributed by atoms with Gasteiger partial charge in [0, 0.05) is 23.2 Å². The van der Waals surface area contributed by atoms with Gasteiger partial charge in [0.2, 0.25) is 4.73 Å². The van der Waals surface area contributed by atoms with E-state index in [1.54, 1.807) is 0 Å². The number of rotatable bonds is 7. The zero-order valence-corrected chi connectivity index (χ0v) is 21.7. The fourth-order valence-corrected chi connectivity index (χ4v) is 5.70. The molecule has 2 aromatic carbocycles. The highest BCUT2D eigenvalue weighted by Gasteiger charge is 2.35. The molecule has 0 N–H and O–H groups in total. The van der Waals surface area contributed by atoms with Gasteiger partial charge in [-0.1, -0.05) is 67.6 Å². The minimum Gasteiger partial charge on any atom is -0.493 e. The zero-order chi connectivity index (χ0) is 23.8. The van der Waals surface area contributed by atoms with E-state index in [1.165, 1.54) is 29.5 Å². The van der Waals surface area contributed by atoms with Crippen LogP contribution in [0.2, 0.25) is 0 Å². The van der Waals surface area contributed by atoms with Crippen LogP contribution in [0.1, 0.15) is 61.3 Å². The Morgan fingerprint density at radius 3 is 2.20 bits per heavy atom. The number of ether oxygens (including phenoxy) is 1. The predicted molar refractivity (Wildman–Crippen MR) is 142 cm³/mol. The fraction of sp³-hybridized carbons (Fsp3) is 0.379. The monoisotopic (exact) mass is 530 g/mol. The van der Waals surface area contributed by atoms with Gasteiger partial charge in [0.25, 0.3) is 0 Å². The molecule has 0 amide bonds. The zero-order valence-electron chi connectivity index (χ0n) is 20.1. The molecule has 1 saturated heterocycles. The highest BCUT2D eigenvalue weighted by molar-refractivity contribution is 9.10. The molecular weight excluding hydrogens is 500 g/mol. The minimum absolute atomic E-state index is 0.148. The Kier molecular flexibility index (Phi) is 6.11. The highest BCUT2D eigenvalue weighted by Crippen LogP contribution is 2.45. The Hall–Kier alpha value is -2.70. The number of fused-ring (bicyclic) bond motifs is 1. The number of nitrogens with zero attached hydrogens (tertiary/aromatic N) is 4.